The van der Waals surface area contributed by atoms with Crippen molar-refractivity contribution in [1.29, 1.82) is 5.26 Å². The third-order valence-corrected chi connectivity index (χ3v) is 5.87. The highest BCUT2D eigenvalue weighted by Gasteiger charge is 2.16. The fraction of sp³-hybridized carbons (Fsp3) is 0.0833. The molecular weight excluding hydrogens is 454 g/mol. The molecule has 0 atom stereocenters. The van der Waals surface area contributed by atoms with Crippen LogP contribution in [0.1, 0.15) is 16.9 Å². The summed E-state index contributed by atoms with van der Waals surface area (Å²) in [6.07, 6.45) is 1.30. The Balaban J connectivity index is 1.54. The minimum absolute atomic E-state index is 0.0618. The summed E-state index contributed by atoms with van der Waals surface area (Å²) in [5.41, 5.74) is 3.03. The van der Waals surface area contributed by atoms with Crippen molar-refractivity contribution < 1.29 is 14.1 Å². The van der Waals surface area contributed by atoms with E-state index in [2.05, 4.69) is 15.5 Å². The number of aryl methyl sites for hydroxylation is 2. The molecule has 0 aliphatic rings. The average Bonchev–Trinajstić information content (AvgIpc) is 3.47. The van der Waals surface area contributed by atoms with E-state index in [0.29, 0.717) is 16.3 Å². The first kappa shape index (κ1) is 22.6. The number of nitro benzene ring substituents is 1. The summed E-state index contributed by atoms with van der Waals surface area (Å²) in [6, 6.07) is 17.2. The van der Waals surface area contributed by atoms with Crippen molar-refractivity contribution >= 4 is 34.1 Å². The Kier molecular flexibility index (Phi) is 6.29. The van der Waals surface area contributed by atoms with E-state index >= 15 is 0 Å². The van der Waals surface area contributed by atoms with Crippen LogP contribution in [0.2, 0.25) is 0 Å². The molecule has 9 nitrogen and oxygen atoms in total. The smallest absolute Gasteiger partial charge is 0.270 e. The molecule has 0 fully saturated rings. The Morgan fingerprint density at radius 3 is 2.62 bits per heavy atom. The van der Waals surface area contributed by atoms with E-state index in [0.717, 1.165) is 16.7 Å². The lowest BCUT2D eigenvalue weighted by molar-refractivity contribution is -0.384. The number of benzene rings is 2. The molecule has 0 aliphatic heterocycles. The average molecular weight is 471 g/mol. The zero-order valence-electron chi connectivity index (χ0n) is 18.1. The van der Waals surface area contributed by atoms with Gasteiger partial charge in [-0.1, -0.05) is 41.7 Å². The summed E-state index contributed by atoms with van der Waals surface area (Å²) < 4.78 is 5.74. The second-order valence-electron chi connectivity index (χ2n) is 7.31. The molecule has 10 heteroatoms. The summed E-state index contributed by atoms with van der Waals surface area (Å²) in [7, 11) is 0. The van der Waals surface area contributed by atoms with Crippen LogP contribution in [0.4, 0.5) is 10.8 Å². The molecule has 0 bridgehead atoms. The summed E-state index contributed by atoms with van der Waals surface area (Å²) in [4.78, 5) is 23.2. The van der Waals surface area contributed by atoms with Crippen molar-refractivity contribution in [1.82, 2.24) is 10.2 Å². The van der Waals surface area contributed by atoms with Gasteiger partial charge in [0.15, 0.2) is 0 Å². The van der Waals surface area contributed by atoms with Gasteiger partial charge in [-0.05, 0) is 37.1 Å². The van der Waals surface area contributed by atoms with Gasteiger partial charge in [0.2, 0.25) is 5.13 Å². The first-order chi connectivity index (χ1) is 16.4. The zero-order valence-corrected chi connectivity index (χ0v) is 18.9. The molecule has 34 heavy (non-hydrogen) atoms. The summed E-state index contributed by atoms with van der Waals surface area (Å²) in [5.74, 6) is -0.0120. The van der Waals surface area contributed by atoms with Gasteiger partial charge in [0.05, 0.1) is 4.92 Å². The molecule has 2 aromatic carbocycles. The Morgan fingerprint density at radius 2 is 1.88 bits per heavy atom. The van der Waals surface area contributed by atoms with Gasteiger partial charge in [-0.3, -0.25) is 20.2 Å². The molecule has 1 N–H and O–H groups in total. The lowest BCUT2D eigenvalue weighted by Gasteiger charge is -2.02. The molecule has 0 saturated carbocycles. The van der Waals surface area contributed by atoms with Crippen LogP contribution < -0.4 is 5.32 Å². The summed E-state index contributed by atoms with van der Waals surface area (Å²) in [6.45, 7) is 3.76. The Morgan fingerprint density at radius 1 is 1.12 bits per heavy atom. The number of non-ortho nitro benzene ring substituents is 1. The van der Waals surface area contributed by atoms with Crippen LogP contribution in [-0.4, -0.2) is 21.0 Å². The van der Waals surface area contributed by atoms with Crippen LogP contribution in [-0.2, 0) is 4.79 Å². The Labute approximate surface area is 198 Å². The van der Waals surface area contributed by atoms with Crippen LogP contribution >= 0.6 is 11.3 Å². The molecular formula is C24H17N5O4S. The number of nitriles is 1. The van der Waals surface area contributed by atoms with Gasteiger partial charge in [0.1, 0.15) is 28.2 Å². The van der Waals surface area contributed by atoms with Crippen LogP contribution in [0, 0.1) is 35.3 Å². The molecule has 0 spiro atoms. The standard InChI is InChI=1S/C24H17N5O4S/c1-14-5-3-4-6-19(14)23-27-28-24(34-23)26-22(30)16(13-25)11-18-9-10-21(33-18)20-12-17(29(31)32)8-7-15(20)2/h3-12H,1-2H3,(H,26,28,30). The molecule has 0 saturated heterocycles. The van der Waals surface area contributed by atoms with Gasteiger partial charge >= 0.3 is 0 Å². The number of aromatic nitrogens is 2. The zero-order chi connectivity index (χ0) is 24.2. The Bertz CT molecular complexity index is 1480. The van der Waals surface area contributed by atoms with Gasteiger partial charge in [0, 0.05) is 29.3 Å². The Hall–Kier alpha value is -4.62. The van der Waals surface area contributed by atoms with E-state index in [9.17, 15) is 20.2 Å². The van der Waals surface area contributed by atoms with Crippen molar-refractivity contribution in [2.24, 2.45) is 0 Å². The van der Waals surface area contributed by atoms with E-state index in [1.165, 1.54) is 29.5 Å². The first-order valence-electron chi connectivity index (χ1n) is 10.0. The highest BCUT2D eigenvalue weighted by molar-refractivity contribution is 7.18. The number of anilines is 1. The fourth-order valence-electron chi connectivity index (χ4n) is 3.21. The van der Waals surface area contributed by atoms with Gasteiger partial charge in [-0.2, -0.15) is 5.26 Å². The number of carbonyl (C=O) groups is 1. The molecule has 4 rings (SSSR count). The van der Waals surface area contributed by atoms with Gasteiger partial charge in [-0.25, -0.2) is 0 Å². The number of nitrogens with zero attached hydrogens (tertiary/aromatic N) is 4. The maximum Gasteiger partial charge on any atom is 0.270 e. The number of nitro groups is 1. The third-order valence-electron chi connectivity index (χ3n) is 5.00. The topological polar surface area (TPSA) is 135 Å². The molecule has 0 unspecified atom stereocenters. The van der Waals surface area contributed by atoms with Crippen molar-refractivity contribution in [2.75, 3.05) is 5.32 Å². The van der Waals surface area contributed by atoms with E-state index in [1.807, 2.05) is 37.3 Å². The predicted molar refractivity (Wildman–Crippen MR) is 128 cm³/mol. The maximum absolute atomic E-state index is 12.6. The van der Waals surface area contributed by atoms with Crippen molar-refractivity contribution in [3.8, 4) is 28.0 Å². The van der Waals surface area contributed by atoms with Gasteiger partial charge < -0.3 is 4.42 Å². The number of rotatable bonds is 6. The molecule has 2 heterocycles. The van der Waals surface area contributed by atoms with Crippen molar-refractivity contribution in [3.63, 3.8) is 0 Å². The van der Waals surface area contributed by atoms with Crippen LogP contribution in [0.3, 0.4) is 0 Å². The van der Waals surface area contributed by atoms with E-state index in [-0.39, 0.29) is 22.2 Å². The lowest BCUT2D eigenvalue weighted by Crippen LogP contribution is -2.13. The minimum atomic E-state index is -0.653. The molecule has 2 aromatic heterocycles. The number of carbonyl (C=O) groups excluding carboxylic acids is 1. The van der Waals surface area contributed by atoms with Crippen LogP contribution in [0.15, 0.2) is 64.6 Å². The summed E-state index contributed by atoms with van der Waals surface area (Å²) >= 11 is 1.20. The number of hydrogen-bond donors (Lipinski definition) is 1. The predicted octanol–water partition coefficient (Wildman–Crippen LogP) is 5.54. The lowest BCUT2D eigenvalue weighted by atomic mass is 10.1. The normalized spacial score (nSPS) is 11.1. The quantitative estimate of drug-likeness (QED) is 0.169. The van der Waals surface area contributed by atoms with Gasteiger partial charge in [0.25, 0.3) is 11.6 Å². The molecule has 168 valence electrons. The first-order valence-corrected chi connectivity index (χ1v) is 10.9. The SMILES string of the molecule is Cc1ccc([N+](=O)[O-])cc1-c1ccc(C=C(C#N)C(=O)Nc2nnc(-c3ccccc3C)s2)o1. The van der Waals surface area contributed by atoms with Crippen LogP contribution in [0.5, 0.6) is 0 Å². The fourth-order valence-corrected chi connectivity index (χ4v) is 4.04. The monoisotopic (exact) mass is 471 g/mol. The maximum atomic E-state index is 12.6. The second kappa shape index (κ2) is 9.48. The van der Waals surface area contributed by atoms with Crippen molar-refractivity contribution in [2.45, 2.75) is 13.8 Å². The van der Waals surface area contributed by atoms with Gasteiger partial charge in [-0.15, -0.1) is 10.2 Å². The van der Waals surface area contributed by atoms with E-state index in [4.69, 9.17) is 4.42 Å². The number of amides is 1. The molecule has 4 aromatic rings. The van der Waals surface area contributed by atoms with E-state index in [1.54, 1.807) is 25.1 Å². The minimum Gasteiger partial charge on any atom is -0.457 e. The van der Waals surface area contributed by atoms with Crippen molar-refractivity contribution in [3.05, 3.63) is 87.2 Å². The molecule has 0 aliphatic carbocycles. The second-order valence-corrected chi connectivity index (χ2v) is 8.29. The van der Waals surface area contributed by atoms with Crippen LogP contribution in [0.25, 0.3) is 28.0 Å². The summed E-state index contributed by atoms with van der Waals surface area (Å²) in [5, 5.41) is 32.2. The number of nitrogens with one attached hydrogen (secondary N) is 1. The number of hydrogen-bond acceptors (Lipinski definition) is 8. The van der Waals surface area contributed by atoms with E-state index < -0.39 is 10.8 Å². The molecule has 1 amide bonds. The third kappa shape index (κ3) is 4.74. The largest absolute Gasteiger partial charge is 0.457 e. The number of furan rings is 1. The highest BCUT2D eigenvalue weighted by atomic mass is 32.1. The highest BCUT2D eigenvalue weighted by Crippen LogP contribution is 2.31. The molecule has 0 radical (unpaired) electrons.